The fourth-order valence-electron chi connectivity index (χ4n) is 1.33. The molecule has 0 amide bonds. The van der Waals surface area contributed by atoms with Crippen LogP contribution in [0.4, 0.5) is 5.82 Å². The third kappa shape index (κ3) is 3.41. The van der Waals surface area contributed by atoms with E-state index in [0.717, 1.165) is 4.88 Å². The highest BCUT2D eigenvalue weighted by Crippen LogP contribution is 2.22. The van der Waals surface area contributed by atoms with Gasteiger partial charge in [-0.3, -0.25) is 4.98 Å². The van der Waals surface area contributed by atoms with E-state index in [-0.39, 0.29) is 16.5 Å². The van der Waals surface area contributed by atoms with Crippen LogP contribution in [0, 0.1) is 0 Å². The number of pyridine rings is 1. The lowest BCUT2D eigenvalue weighted by molar-refractivity contribution is 0.581. The van der Waals surface area contributed by atoms with E-state index in [9.17, 15) is 8.42 Å². The van der Waals surface area contributed by atoms with Crippen molar-refractivity contribution in [3.63, 3.8) is 0 Å². The van der Waals surface area contributed by atoms with Crippen molar-refractivity contribution in [3.8, 4) is 0 Å². The van der Waals surface area contributed by atoms with Crippen LogP contribution < -0.4 is 10.0 Å². The first-order chi connectivity index (χ1) is 9.03. The first-order valence-electron chi connectivity index (χ1n) is 5.23. The standard InChI is InChI=1S/C10H11ClN4O2S2/c1-12-10-9(11)2-8(5-14-10)19(16,17)15-4-7-3-13-6-18-7/h2-3,5-6,15H,4H2,1H3,(H,12,14). The number of nitrogens with zero attached hydrogens (tertiary/aromatic N) is 2. The average Bonchev–Trinajstić information content (AvgIpc) is 2.89. The van der Waals surface area contributed by atoms with E-state index in [4.69, 9.17) is 11.6 Å². The number of hydrogen-bond donors (Lipinski definition) is 2. The van der Waals surface area contributed by atoms with Crippen LogP contribution in [-0.4, -0.2) is 25.4 Å². The van der Waals surface area contributed by atoms with Crippen molar-refractivity contribution in [1.29, 1.82) is 0 Å². The van der Waals surface area contributed by atoms with Crippen LogP contribution in [0.15, 0.2) is 28.9 Å². The van der Waals surface area contributed by atoms with Crippen molar-refractivity contribution in [3.05, 3.63) is 33.9 Å². The molecule has 0 aliphatic carbocycles. The third-order valence-electron chi connectivity index (χ3n) is 2.28. The minimum atomic E-state index is -3.63. The molecule has 0 bridgehead atoms. The fraction of sp³-hybridized carbons (Fsp3) is 0.200. The Labute approximate surface area is 119 Å². The van der Waals surface area contributed by atoms with Crippen molar-refractivity contribution >= 4 is 38.8 Å². The second kappa shape index (κ2) is 5.83. The maximum atomic E-state index is 12.0. The van der Waals surface area contributed by atoms with E-state index >= 15 is 0 Å². The summed E-state index contributed by atoms with van der Waals surface area (Å²) in [6.45, 7) is 0.193. The fourth-order valence-corrected chi connectivity index (χ4v) is 3.26. The van der Waals surface area contributed by atoms with Crippen molar-refractivity contribution < 1.29 is 8.42 Å². The van der Waals surface area contributed by atoms with Crippen molar-refractivity contribution in [1.82, 2.24) is 14.7 Å². The van der Waals surface area contributed by atoms with Gasteiger partial charge in [-0.2, -0.15) is 0 Å². The lowest BCUT2D eigenvalue weighted by Gasteiger charge is -2.07. The number of thiazole rings is 1. The number of halogens is 1. The SMILES string of the molecule is CNc1ncc(S(=O)(=O)NCc2cncs2)cc1Cl. The van der Waals surface area contributed by atoms with Gasteiger partial charge in [0.05, 0.1) is 10.5 Å². The molecule has 2 rings (SSSR count). The molecule has 102 valence electrons. The highest BCUT2D eigenvalue weighted by Gasteiger charge is 2.16. The molecule has 0 unspecified atom stereocenters. The van der Waals surface area contributed by atoms with E-state index in [2.05, 4.69) is 20.0 Å². The van der Waals surface area contributed by atoms with Crippen molar-refractivity contribution in [2.45, 2.75) is 11.4 Å². The van der Waals surface area contributed by atoms with Gasteiger partial charge in [0, 0.05) is 30.9 Å². The first kappa shape index (κ1) is 14.2. The zero-order valence-electron chi connectivity index (χ0n) is 9.92. The maximum Gasteiger partial charge on any atom is 0.242 e. The van der Waals surface area contributed by atoms with E-state index in [1.165, 1.54) is 23.6 Å². The Morgan fingerprint density at radius 2 is 2.21 bits per heavy atom. The molecule has 0 aliphatic rings. The van der Waals surface area contributed by atoms with Gasteiger partial charge >= 0.3 is 0 Å². The van der Waals surface area contributed by atoms with Crippen LogP contribution >= 0.6 is 22.9 Å². The van der Waals surface area contributed by atoms with Gasteiger partial charge in [0.25, 0.3) is 0 Å². The Morgan fingerprint density at radius 3 is 2.79 bits per heavy atom. The van der Waals surface area contributed by atoms with Gasteiger partial charge in [0.15, 0.2) is 0 Å². The Hall–Kier alpha value is -1.22. The molecule has 0 fully saturated rings. The minimum absolute atomic E-state index is 0.0287. The highest BCUT2D eigenvalue weighted by atomic mass is 35.5. The molecule has 2 N–H and O–H groups in total. The molecule has 6 nitrogen and oxygen atoms in total. The number of anilines is 1. The molecule has 0 aromatic carbocycles. The molecule has 0 radical (unpaired) electrons. The molecular formula is C10H11ClN4O2S2. The van der Waals surface area contributed by atoms with E-state index in [0.29, 0.717) is 5.82 Å². The summed E-state index contributed by atoms with van der Waals surface area (Å²) >= 11 is 7.29. The average molecular weight is 319 g/mol. The third-order valence-corrected chi connectivity index (χ3v) is 4.72. The molecule has 2 aromatic rings. The summed E-state index contributed by atoms with van der Waals surface area (Å²) in [4.78, 5) is 8.67. The molecule has 0 atom stereocenters. The molecule has 2 aromatic heterocycles. The van der Waals surface area contributed by atoms with Crippen LogP contribution in [0.1, 0.15) is 4.88 Å². The van der Waals surface area contributed by atoms with Crippen LogP contribution in [0.2, 0.25) is 5.02 Å². The largest absolute Gasteiger partial charge is 0.372 e. The number of aromatic nitrogens is 2. The molecular weight excluding hydrogens is 308 g/mol. The molecule has 9 heteroatoms. The van der Waals surface area contributed by atoms with Crippen LogP contribution in [-0.2, 0) is 16.6 Å². The summed E-state index contributed by atoms with van der Waals surface area (Å²) in [7, 11) is -1.97. The van der Waals surface area contributed by atoms with Gasteiger partial charge in [0.1, 0.15) is 10.7 Å². The molecule has 2 heterocycles. The van der Waals surface area contributed by atoms with Crippen LogP contribution in [0.5, 0.6) is 0 Å². The van der Waals surface area contributed by atoms with E-state index in [1.54, 1.807) is 18.8 Å². The van der Waals surface area contributed by atoms with E-state index in [1.807, 2.05) is 0 Å². The number of rotatable bonds is 5. The summed E-state index contributed by atoms with van der Waals surface area (Å²) in [6, 6.07) is 1.36. The Bertz CT molecular complexity index is 658. The van der Waals surface area contributed by atoms with Crippen LogP contribution in [0.3, 0.4) is 0 Å². The molecule has 0 saturated heterocycles. The monoisotopic (exact) mass is 318 g/mol. The quantitative estimate of drug-likeness (QED) is 0.877. The summed E-state index contributed by atoms with van der Waals surface area (Å²) in [5.41, 5.74) is 1.64. The van der Waals surface area contributed by atoms with Gasteiger partial charge in [-0.15, -0.1) is 11.3 Å². The normalized spacial score (nSPS) is 11.5. The topological polar surface area (TPSA) is 84.0 Å². The lowest BCUT2D eigenvalue weighted by atomic mass is 10.4. The number of nitrogens with one attached hydrogen (secondary N) is 2. The minimum Gasteiger partial charge on any atom is -0.372 e. The summed E-state index contributed by atoms with van der Waals surface area (Å²) in [6.07, 6.45) is 2.87. The molecule has 0 saturated carbocycles. The maximum absolute atomic E-state index is 12.0. The van der Waals surface area contributed by atoms with Gasteiger partial charge < -0.3 is 5.32 Å². The Morgan fingerprint density at radius 1 is 1.42 bits per heavy atom. The first-order valence-corrected chi connectivity index (χ1v) is 7.97. The van der Waals surface area contributed by atoms with Crippen molar-refractivity contribution in [2.24, 2.45) is 0 Å². The number of sulfonamides is 1. The van der Waals surface area contributed by atoms with Gasteiger partial charge in [0.2, 0.25) is 10.0 Å². The summed E-state index contributed by atoms with van der Waals surface area (Å²) in [5.74, 6) is 0.433. The Balaban J connectivity index is 2.17. The summed E-state index contributed by atoms with van der Waals surface area (Å²) in [5, 5.41) is 3.02. The second-order valence-corrected chi connectivity index (χ2v) is 6.69. The zero-order chi connectivity index (χ0) is 13.9. The Kier molecular flexibility index (Phi) is 4.35. The van der Waals surface area contributed by atoms with E-state index < -0.39 is 10.0 Å². The molecule has 19 heavy (non-hydrogen) atoms. The highest BCUT2D eigenvalue weighted by molar-refractivity contribution is 7.89. The lowest BCUT2D eigenvalue weighted by Crippen LogP contribution is -2.23. The predicted octanol–water partition coefficient (Wildman–Crippen LogP) is 1.71. The number of hydrogen-bond acceptors (Lipinski definition) is 6. The molecule has 0 spiro atoms. The predicted molar refractivity (Wildman–Crippen MR) is 74.9 cm³/mol. The molecule has 0 aliphatic heterocycles. The van der Waals surface area contributed by atoms with Crippen molar-refractivity contribution in [2.75, 3.05) is 12.4 Å². The van der Waals surface area contributed by atoms with Gasteiger partial charge in [-0.1, -0.05) is 11.6 Å². The van der Waals surface area contributed by atoms with Gasteiger partial charge in [-0.25, -0.2) is 18.1 Å². The summed E-state index contributed by atoms with van der Waals surface area (Å²) < 4.78 is 26.5. The van der Waals surface area contributed by atoms with Gasteiger partial charge in [-0.05, 0) is 6.07 Å². The van der Waals surface area contributed by atoms with Crippen LogP contribution in [0.25, 0.3) is 0 Å². The zero-order valence-corrected chi connectivity index (χ0v) is 12.3. The second-order valence-electron chi connectivity index (χ2n) is 3.54. The smallest absolute Gasteiger partial charge is 0.242 e.